The van der Waals surface area contributed by atoms with Crippen LogP contribution < -0.4 is 9.62 Å². The Balaban J connectivity index is 1.75. The summed E-state index contributed by atoms with van der Waals surface area (Å²) in [6.45, 7) is 7.59. The van der Waals surface area contributed by atoms with E-state index in [1.165, 1.54) is 43.3 Å². The summed E-state index contributed by atoms with van der Waals surface area (Å²) in [4.78, 5) is 31.2. The molecule has 3 aromatic rings. The lowest BCUT2D eigenvalue weighted by atomic mass is 9.87. The number of sulfonamides is 1. The highest BCUT2D eigenvalue weighted by atomic mass is 35.5. The molecule has 4 rings (SSSR count). The molecule has 34 heavy (non-hydrogen) atoms. The zero-order valence-corrected chi connectivity index (χ0v) is 20.5. The van der Waals surface area contributed by atoms with E-state index in [1.54, 1.807) is 12.1 Å². The number of benzene rings is 2. The first-order valence-electron chi connectivity index (χ1n) is 10.3. The molecule has 2 amide bonds. The number of fused-ring (bicyclic) bond motifs is 1. The van der Waals surface area contributed by atoms with Crippen LogP contribution in [0.1, 0.15) is 52.7 Å². The minimum atomic E-state index is -4.07. The fraction of sp³-hybridized carbons (Fsp3) is 0.208. The van der Waals surface area contributed by atoms with Gasteiger partial charge in [0, 0.05) is 6.07 Å². The highest BCUT2D eigenvalue weighted by Crippen LogP contribution is 2.38. The minimum absolute atomic E-state index is 0.0106. The van der Waals surface area contributed by atoms with Gasteiger partial charge in [-0.05, 0) is 48.2 Å². The third-order valence-corrected chi connectivity index (χ3v) is 7.24. The van der Waals surface area contributed by atoms with Crippen LogP contribution in [0, 0.1) is 6.92 Å². The van der Waals surface area contributed by atoms with Gasteiger partial charge in [-0.2, -0.15) is 0 Å². The molecule has 0 unspecified atom stereocenters. The number of aryl methyl sites for hydroxylation is 1. The lowest BCUT2D eigenvalue weighted by molar-refractivity contribution is 0.0926. The summed E-state index contributed by atoms with van der Waals surface area (Å²) in [6.07, 6.45) is 0. The molecular formula is C24H22ClN3O5S. The van der Waals surface area contributed by atoms with Gasteiger partial charge in [0.05, 0.1) is 38.1 Å². The first kappa shape index (κ1) is 23.7. The van der Waals surface area contributed by atoms with Gasteiger partial charge >= 0.3 is 0 Å². The highest BCUT2D eigenvalue weighted by molar-refractivity contribution is 7.92. The summed E-state index contributed by atoms with van der Waals surface area (Å²) >= 11 is 6.24. The van der Waals surface area contributed by atoms with Crippen LogP contribution in [0.3, 0.4) is 0 Å². The number of hydrogen-bond donors (Lipinski definition) is 2. The number of hydrogen-bond acceptors (Lipinski definition) is 6. The average Bonchev–Trinajstić information content (AvgIpc) is 3.01. The molecule has 0 bridgehead atoms. The van der Waals surface area contributed by atoms with Crippen LogP contribution >= 0.6 is 11.6 Å². The normalized spacial score (nSPS) is 13.9. The number of imide groups is 1. The maximum atomic E-state index is 13.3. The monoisotopic (exact) mass is 499 g/mol. The molecule has 2 heterocycles. The second-order valence-electron chi connectivity index (χ2n) is 8.94. The lowest BCUT2D eigenvalue weighted by Crippen LogP contribution is -2.30. The van der Waals surface area contributed by atoms with E-state index < -0.39 is 21.8 Å². The number of nitrogens with one attached hydrogen (secondary N) is 1. The van der Waals surface area contributed by atoms with Crippen molar-refractivity contribution in [1.82, 2.24) is 4.98 Å². The van der Waals surface area contributed by atoms with Crippen molar-refractivity contribution in [2.45, 2.75) is 38.0 Å². The molecule has 0 aliphatic carbocycles. The van der Waals surface area contributed by atoms with Crippen molar-refractivity contribution < 1.29 is 23.1 Å². The summed E-state index contributed by atoms with van der Waals surface area (Å²) in [5, 5.41) is 9.59. The molecule has 0 atom stereocenters. The standard InChI is InChI=1S/C24H22ClN3O5S/c1-13-18(11-12-19(29)26-13)28-22(30)20-16(25)9-10-17(21(20)23(28)31)27-34(32,33)15-7-5-14(6-8-15)24(2,3)4/h5-12,27H,1-4H3,(H,26,29). The predicted molar refractivity (Wildman–Crippen MR) is 129 cm³/mol. The molecule has 0 saturated carbocycles. The number of aromatic hydroxyl groups is 1. The molecule has 1 aromatic heterocycles. The van der Waals surface area contributed by atoms with Crippen molar-refractivity contribution in [2.75, 3.05) is 9.62 Å². The second-order valence-corrected chi connectivity index (χ2v) is 11.0. The third kappa shape index (κ3) is 4.01. The van der Waals surface area contributed by atoms with Crippen molar-refractivity contribution in [3.63, 3.8) is 0 Å². The van der Waals surface area contributed by atoms with Crippen molar-refractivity contribution >= 4 is 44.8 Å². The Hall–Kier alpha value is -3.43. The van der Waals surface area contributed by atoms with E-state index in [4.69, 9.17) is 11.6 Å². The Morgan fingerprint density at radius 2 is 1.56 bits per heavy atom. The Labute approximate surface area is 202 Å². The fourth-order valence-electron chi connectivity index (χ4n) is 3.74. The summed E-state index contributed by atoms with van der Waals surface area (Å²) in [5.41, 5.74) is 0.891. The molecule has 0 radical (unpaired) electrons. The maximum Gasteiger partial charge on any atom is 0.268 e. The lowest BCUT2D eigenvalue weighted by Gasteiger charge is -2.19. The quantitative estimate of drug-likeness (QED) is 0.505. The molecule has 1 aliphatic rings. The SMILES string of the molecule is Cc1nc(O)ccc1N1C(=O)c2c(Cl)ccc(NS(=O)(=O)c3ccc(C(C)(C)C)cc3)c2C1=O. The van der Waals surface area contributed by atoms with Crippen LogP contribution in [0.5, 0.6) is 5.88 Å². The van der Waals surface area contributed by atoms with Gasteiger partial charge in [-0.1, -0.05) is 44.5 Å². The molecule has 2 aromatic carbocycles. The minimum Gasteiger partial charge on any atom is -0.493 e. The largest absolute Gasteiger partial charge is 0.493 e. The Bertz CT molecular complexity index is 1440. The number of aromatic nitrogens is 1. The number of carbonyl (C=O) groups is 2. The number of amides is 2. The smallest absolute Gasteiger partial charge is 0.268 e. The zero-order valence-electron chi connectivity index (χ0n) is 18.9. The molecule has 0 saturated heterocycles. The molecular weight excluding hydrogens is 478 g/mol. The number of rotatable bonds is 4. The van der Waals surface area contributed by atoms with Gasteiger partial charge in [-0.15, -0.1) is 0 Å². The van der Waals surface area contributed by atoms with Gasteiger partial charge in [0.15, 0.2) is 0 Å². The van der Waals surface area contributed by atoms with E-state index >= 15 is 0 Å². The van der Waals surface area contributed by atoms with Gasteiger partial charge in [0.25, 0.3) is 21.8 Å². The summed E-state index contributed by atoms with van der Waals surface area (Å²) in [6, 6.07) is 11.8. The number of halogens is 1. The molecule has 176 valence electrons. The van der Waals surface area contributed by atoms with E-state index in [1.807, 2.05) is 20.8 Å². The Morgan fingerprint density at radius 1 is 0.941 bits per heavy atom. The molecule has 0 spiro atoms. The van der Waals surface area contributed by atoms with Gasteiger partial charge in [-0.25, -0.2) is 18.3 Å². The first-order chi connectivity index (χ1) is 15.8. The van der Waals surface area contributed by atoms with E-state index in [2.05, 4.69) is 9.71 Å². The van der Waals surface area contributed by atoms with E-state index in [0.29, 0.717) is 0 Å². The second kappa shape index (κ2) is 8.11. The molecule has 10 heteroatoms. The molecule has 2 N–H and O–H groups in total. The topological polar surface area (TPSA) is 117 Å². The van der Waals surface area contributed by atoms with Crippen LogP contribution in [-0.4, -0.2) is 30.3 Å². The maximum absolute atomic E-state index is 13.3. The van der Waals surface area contributed by atoms with Gasteiger partial charge in [0.2, 0.25) is 5.88 Å². The average molecular weight is 500 g/mol. The summed E-state index contributed by atoms with van der Waals surface area (Å²) in [7, 11) is -4.07. The van der Waals surface area contributed by atoms with Crippen LogP contribution in [0.4, 0.5) is 11.4 Å². The van der Waals surface area contributed by atoms with Crippen molar-refractivity contribution in [3.05, 3.63) is 75.9 Å². The number of pyridine rings is 1. The number of nitrogens with zero attached hydrogens (tertiary/aromatic N) is 2. The highest BCUT2D eigenvalue weighted by Gasteiger charge is 2.42. The Kier molecular flexibility index (Phi) is 5.65. The molecule has 0 fully saturated rings. The first-order valence-corrected chi connectivity index (χ1v) is 12.2. The van der Waals surface area contributed by atoms with E-state index in [9.17, 15) is 23.1 Å². The zero-order chi connectivity index (χ0) is 25.0. The van der Waals surface area contributed by atoms with Gasteiger partial charge < -0.3 is 5.11 Å². The summed E-state index contributed by atoms with van der Waals surface area (Å²) < 4.78 is 28.6. The predicted octanol–water partition coefficient (Wildman–Crippen LogP) is 4.65. The van der Waals surface area contributed by atoms with Crippen LogP contribution in [-0.2, 0) is 15.4 Å². The van der Waals surface area contributed by atoms with Gasteiger partial charge in [0.1, 0.15) is 0 Å². The number of anilines is 2. The van der Waals surface area contributed by atoms with Crippen molar-refractivity contribution in [3.8, 4) is 5.88 Å². The number of carbonyl (C=O) groups excluding carboxylic acids is 2. The van der Waals surface area contributed by atoms with Crippen molar-refractivity contribution in [2.24, 2.45) is 0 Å². The Morgan fingerprint density at radius 3 is 2.15 bits per heavy atom. The fourth-order valence-corrected chi connectivity index (χ4v) is 5.05. The van der Waals surface area contributed by atoms with E-state index in [0.717, 1.165) is 10.5 Å². The van der Waals surface area contributed by atoms with Crippen LogP contribution in [0.2, 0.25) is 5.02 Å². The van der Waals surface area contributed by atoms with Crippen LogP contribution in [0.15, 0.2) is 53.4 Å². The molecule has 8 nitrogen and oxygen atoms in total. The summed E-state index contributed by atoms with van der Waals surface area (Å²) in [5.74, 6) is -1.73. The van der Waals surface area contributed by atoms with Gasteiger partial charge in [-0.3, -0.25) is 14.3 Å². The van der Waals surface area contributed by atoms with Crippen LogP contribution in [0.25, 0.3) is 0 Å². The molecule has 1 aliphatic heterocycles. The van der Waals surface area contributed by atoms with Crippen molar-refractivity contribution in [1.29, 1.82) is 0 Å². The van der Waals surface area contributed by atoms with E-state index in [-0.39, 0.29) is 49.4 Å². The third-order valence-electron chi connectivity index (χ3n) is 5.55.